The van der Waals surface area contributed by atoms with Crippen LogP contribution < -0.4 is 10.6 Å². The predicted molar refractivity (Wildman–Crippen MR) is 124 cm³/mol. The number of hydrogen-bond acceptors (Lipinski definition) is 5. The van der Waals surface area contributed by atoms with Gasteiger partial charge in [-0.3, -0.25) is 9.78 Å². The summed E-state index contributed by atoms with van der Waals surface area (Å²) in [5.41, 5.74) is 5.76. The molecule has 2 N–H and O–H groups in total. The Balaban J connectivity index is 1.34. The van der Waals surface area contributed by atoms with E-state index in [1.165, 1.54) is 23.0 Å². The van der Waals surface area contributed by atoms with Gasteiger partial charge in [0.25, 0.3) is 0 Å². The number of carbonyl (C=O) groups is 1. The van der Waals surface area contributed by atoms with Gasteiger partial charge in [-0.05, 0) is 55.0 Å². The maximum Gasteiger partial charge on any atom is 0.248 e. The zero-order chi connectivity index (χ0) is 20.8. The number of aryl methyl sites for hydroxylation is 1. The van der Waals surface area contributed by atoms with Crippen LogP contribution >= 0.6 is 11.3 Å². The van der Waals surface area contributed by atoms with E-state index in [1.54, 1.807) is 18.5 Å². The number of hydrogen-bond donors (Lipinski definition) is 2. The van der Waals surface area contributed by atoms with Crippen molar-refractivity contribution in [3.05, 3.63) is 95.6 Å². The lowest BCUT2D eigenvalue weighted by molar-refractivity contribution is -0.111. The molecule has 0 aliphatic carbocycles. The maximum atomic E-state index is 12.1. The van der Waals surface area contributed by atoms with Gasteiger partial charge < -0.3 is 10.6 Å². The van der Waals surface area contributed by atoms with E-state index < -0.39 is 0 Å². The molecule has 5 nitrogen and oxygen atoms in total. The average molecular weight is 413 g/mol. The molecule has 0 atom stereocenters. The van der Waals surface area contributed by atoms with Crippen LogP contribution in [-0.4, -0.2) is 15.9 Å². The van der Waals surface area contributed by atoms with Gasteiger partial charge in [0, 0.05) is 40.8 Å². The normalized spacial score (nSPS) is 10.8. The number of nitrogens with zero attached hydrogens (tertiary/aromatic N) is 2. The second kappa shape index (κ2) is 9.15. The van der Waals surface area contributed by atoms with E-state index in [0.29, 0.717) is 0 Å². The summed E-state index contributed by atoms with van der Waals surface area (Å²) in [5, 5.41) is 8.97. The number of benzene rings is 2. The van der Waals surface area contributed by atoms with Gasteiger partial charge in [-0.25, -0.2) is 4.98 Å². The summed E-state index contributed by atoms with van der Waals surface area (Å²) >= 11 is 1.54. The van der Waals surface area contributed by atoms with Crippen LogP contribution in [0.4, 0.5) is 16.5 Å². The van der Waals surface area contributed by atoms with Gasteiger partial charge in [-0.2, -0.15) is 0 Å². The molecule has 0 spiro atoms. The van der Waals surface area contributed by atoms with Crippen LogP contribution in [0.15, 0.2) is 84.5 Å². The van der Waals surface area contributed by atoms with Gasteiger partial charge >= 0.3 is 0 Å². The fourth-order valence-corrected chi connectivity index (χ4v) is 3.52. The molecule has 0 fully saturated rings. The minimum absolute atomic E-state index is 0.168. The van der Waals surface area contributed by atoms with Crippen molar-refractivity contribution < 1.29 is 4.79 Å². The van der Waals surface area contributed by atoms with Crippen LogP contribution in [0.2, 0.25) is 0 Å². The predicted octanol–water partition coefficient (Wildman–Crippen LogP) is 5.91. The average Bonchev–Trinajstić information content (AvgIpc) is 3.24. The Labute approximate surface area is 179 Å². The summed E-state index contributed by atoms with van der Waals surface area (Å²) in [7, 11) is 0. The highest BCUT2D eigenvalue weighted by Gasteiger charge is 2.05. The quantitative estimate of drug-likeness (QED) is 0.386. The van der Waals surface area contributed by atoms with Crippen LogP contribution in [0.5, 0.6) is 0 Å². The van der Waals surface area contributed by atoms with E-state index in [1.807, 2.05) is 73.0 Å². The molecule has 2 aromatic heterocycles. The van der Waals surface area contributed by atoms with E-state index in [0.717, 1.165) is 33.3 Å². The van der Waals surface area contributed by atoms with Crippen molar-refractivity contribution in [3.8, 4) is 11.3 Å². The summed E-state index contributed by atoms with van der Waals surface area (Å²) in [6.07, 6.45) is 6.84. The van der Waals surface area contributed by atoms with Crippen molar-refractivity contribution in [1.82, 2.24) is 9.97 Å². The lowest BCUT2D eigenvalue weighted by Gasteiger charge is -2.05. The topological polar surface area (TPSA) is 66.9 Å². The monoisotopic (exact) mass is 412 g/mol. The summed E-state index contributed by atoms with van der Waals surface area (Å²) < 4.78 is 0. The molecule has 4 aromatic rings. The van der Waals surface area contributed by atoms with Crippen LogP contribution in [0, 0.1) is 6.92 Å². The SMILES string of the molecule is Cc1ccc(/C=C/C(=O)Nc2ccc(Nc3nc(-c4ccncc4)cs3)cc2)cc1. The summed E-state index contributed by atoms with van der Waals surface area (Å²) in [4.78, 5) is 20.8. The molecule has 0 saturated carbocycles. The Kier molecular flexibility index (Phi) is 5.96. The zero-order valence-corrected chi connectivity index (χ0v) is 17.2. The molecule has 2 aromatic carbocycles. The fraction of sp³-hybridized carbons (Fsp3) is 0.0417. The van der Waals surface area contributed by atoms with Crippen molar-refractivity contribution in [1.29, 1.82) is 0 Å². The Bertz CT molecular complexity index is 1150. The molecule has 30 heavy (non-hydrogen) atoms. The minimum atomic E-state index is -0.168. The van der Waals surface area contributed by atoms with E-state index in [-0.39, 0.29) is 5.91 Å². The Morgan fingerprint density at radius 1 is 0.933 bits per heavy atom. The second-order valence-corrected chi connectivity index (χ2v) is 7.57. The molecule has 0 radical (unpaired) electrons. The maximum absolute atomic E-state index is 12.1. The molecule has 148 valence electrons. The van der Waals surface area contributed by atoms with Crippen LogP contribution in [0.1, 0.15) is 11.1 Å². The number of pyridine rings is 1. The highest BCUT2D eigenvalue weighted by Crippen LogP contribution is 2.27. The highest BCUT2D eigenvalue weighted by molar-refractivity contribution is 7.14. The molecule has 0 aliphatic heterocycles. The molecule has 0 aliphatic rings. The third-order valence-corrected chi connectivity index (χ3v) is 5.15. The van der Waals surface area contributed by atoms with E-state index >= 15 is 0 Å². The number of aromatic nitrogens is 2. The molecule has 6 heteroatoms. The Morgan fingerprint density at radius 3 is 2.37 bits per heavy atom. The summed E-state index contributed by atoms with van der Waals surface area (Å²) in [6.45, 7) is 2.03. The molecule has 2 heterocycles. The second-order valence-electron chi connectivity index (χ2n) is 6.71. The molecule has 0 bridgehead atoms. The molecule has 0 unspecified atom stereocenters. The number of anilines is 3. The van der Waals surface area contributed by atoms with Gasteiger partial charge in [0.2, 0.25) is 5.91 Å². The first-order chi connectivity index (χ1) is 14.7. The van der Waals surface area contributed by atoms with Crippen LogP contribution in [-0.2, 0) is 4.79 Å². The van der Waals surface area contributed by atoms with Crippen molar-refractivity contribution >= 4 is 39.8 Å². The first-order valence-corrected chi connectivity index (χ1v) is 10.3. The summed E-state index contributed by atoms with van der Waals surface area (Å²) in [6, 6.07) is 19.4. The van der Waals surface area contributed by atoms with Gasteiger partial charge in [-0.15, -0.1) is 11.3 Å². The number of rotatable bonds is 6. The number of carbonyl (C=O) groups excluding carboxylic acids is 1. The highest BCUT2D eigenvalue weighted by atomic mass is 32.1. The van der Waals surface area contributed by atoms with Crippen LogP contribution in [0.25, 0.3) is 17.3 Å². The smallest absolute Gasteiger partial charge is 0.248 e. The zero-order valence-electron chi connectivity index (χ0n) is 16.4. The Hall–Kier alpha value is -3.77. The number of nitrogens with one attached hydrogen (secondary N) is 2. The van der Waals surface area contributed by atoms with E-state index in [9.17, 15) is 4.79 Å². The third-order valence-electron chi connectivity index (χ3n) is 4.39. The summed E-state index contributed by atoms with van der Waals surface area (Å²) in [5.74, 6) is -0.168. The molecule has 1 amide bonds. The molecular weight excluding hydrogens is 392 g/mol. The van der Waals surface area contributed by atoms with Crippen molar-refractivity contribution in [3.63, 3.8) is 0 Å². The van der Waals surface area contributed by atoms with E-state index in [2.05, 4.69) is 20.6 Å². The number of thiazole rings is 1. The van der Waals surface area contributed by atoms with Crippen molar-refractivity contribution in [2.24, 2.45) is 0 Å². The first kappa shape index (κ1) is 19.5. The lowest BCUT2D eigenvalue weighted by atomic mass is 10.1. The van der Waals surface area contributed by atoms with Gasteiger partial charge in [0.1, 0.15) is 0 Å². The Morgan fingerprint density at radius 2 is 1.63 bits per heavy atom. The van der Waals surface area contributed by atoms with Gasteiger partial charge in [0.15, 0.2) is 5.13 Å². The molecule has 0 saturated heterocycles. The first-order valence-electron chi connectivity index (χ1n) is 9.44. The lowest BCUT2D eigenvalue weighted by Crippen LogP contribution is -2.07. The minimum Gasteiger partial charge on any atom is -0.332 e. The van der Waals surface area contributed by atoms with Crippen LogP contribution in [0.3, 0.4) is 0 Å². The molecule has 4 rings (SSSR count). The number of amides is 1. The van der Waals surface area contributed by atoms with E-state index in [4.69, 9.17) is 0 Å². The standard InChI is InChI=1S/C24H20N4OS/c1-17-2-4-18(5-3-17)6-11-23(29)26-20-7-9-21(10-8-20)27-24-28-22(16-30-24)19-12-14-25-15-13-19/h2-16H,1H3,(H,26,29)(H,27,28)/b11-6+. The third kappa shape index (κ3) is 5.18. The van der Waals surface area contributed by atoms with Crippen molar-refractivity contribution in [2.45, 2.75) is 6.92 Å². The largest absolute Gasteiger partial charge is 0.332 e. The molecular formula is C24H20N4OS. The van der Waals surface area contributed by atoms with Gasteiger partial charge in [0.05, 0.1) is 5.69 Å². The fourth-order valence-electron chi connectivity index (χ4n) is 2.78. The van der Waals surface area contributed by atoms with Crippen molar-refractivity contribution in [2.75, 3.05) is 10.6 Å². The van der Waals surface area contributed by atoms with Gasteiger partial charge in [-0.1, -0.05) is 29.8 Å².